The van der Waals surface area contributed by atoms with Crippen LogP contribution in [-0.2, 0) is 19.0 Å². The quantitative estimate of drug-likeness (QED) is 0.722. The molecule has 1 heterocycles. The zero-order valence-corrected chi connectivity index (χ0v) is 15.2. The van der Waals surface area contributed by atoms with E-state index in [4.69, 9.17) is 8.92 Å². The highest BCUT2D eigenvalue weighted by Crippen LogP contribution is 2.38. The van der Waals surface area contributed by atoms with Crippen molar-refractivity contribution in [3.63, 3.8) is 0 Å². The fourth-order valence-corrected chi connectivity index (χ4v) is 3.07. The van der Waals surface area contributed by atoms with Crippen LogP contribution in [0, 0.1) is 5.41 Å². The Morgan fingerprint density at radius 1 is 1.23 bits per heavy atom. The van der Waals surface area contributed by atoms with Crippen molar-refractivity contribution < 1.29 is 22.1 Å². The van der Waals surface area contributed by atoms with Gasteiger partial charge in [0.05, 0.1) is 12.9 Å². The van der Waals surface area contributed by atoms with Gasteiger partial charge in [0, 0.05) is 13.1 Å². The molecule has 6 nitrogen and oxygen atoms in total. The molecule has 0 unspecified atom stereocenters. The molecule has 0 atom stereocenters. The van der Waals surface area contributed by atoms with E-state index in [0.717, 1.165) is 25.5 Å². The van der Waals surface area contributed by atoms with Crippen molar-refractivity contribution in [2.24, 2.45) is 5.41 Å². The molecule has 1 amide bonds. The number of ether oxygens (including phenoxy) is 1. The molecule has 1 saturated heterocycles. The zero-order chi connectivity index (χ0) is 17.0. The lowest BCUT2D eigenvalue weighted by Gasteiger charge is -2.41. The van der Waals surface area contributed by atoms with Crippen molar-refractivity contribution in [1.82, 2.24) is 4.90 Å². The summed E-state index contributed by atoms with van der Waals surface area (Å²) < 4.78 is 32.4. The molecule has 0 aromatic rings. The summed E-state index contributed by atoms with van der Waals surface area (Å²) in [5, 5.41) is 0. The van der Waals surface area contributed by atoms with E-state index < -0.39 is 15.7 Å². The molecule has 0 bridgehead atoms. The van der Waals surface area contributed by atoms with Gasteiger partial charge in [-0.3, -0.25) is 4.18 Å². The fraction of sp³-hybridized carbons (Fsp3) is 0.933. The summed E-state index contributed by atoms with van der Waals surface area (Å²) >= 11 is 0. The minimum absolute atomic E-state index is 0.0448. The maximum Gasteiger partial charge on any atom is 0.410 e. The van der Waals surface area contributed by atoms with Gasteiger partial charge < -0.3 is 9.64 Å². The van der Waals surface area contributed by atoms with Crippen molar-refractivity contribution in [1.29, 1.82) is 0 Å². The monoisotopic (exact) mass is 335 g/mol. The van der Waals surface area contributed by atoms with E-state index in [9.17, 15) is 13.2 Å². The first-order valence-electron chi connectivity index (χ1n) is 7.79. The number of carbonyl (C=O) groups is 1. The topological polar surface area (TPSA) is 72.9 Å². The lowest BCUT2D eigenvalue weighted by atomic mass is 9.74. The molecule has 0 N–H and O–H groups in total. The van der Waals surface area contributed by atoms with Crippen LogP contribution >= 0.6 is 0 Å². The van der Waals surface area contributed by atoms with Crippen LogP contribution in [0.1, 0.15) is 53.4 Å². The van der Waals surface area contributed by atoms with Crippen LogP contribution in [0.15, 0.2) is 0 Å². The number of carbonyl (C=O) groups excluding carboxylic acids is 1. The second-order valence-electron chi connectivity index (χ2n) is 7.10. The van der Waals surface area contributed by atoms with Crippen molar-refractivity contribution in [3.8, 4) is 0 Å². The van der Waals surface area contributed by atoms with Gasteiger partial charge in [-0.2, -0.15) is 8.42 Å². The van der Waals surface area contributed by atoms with Crippen molar-refractivity contribution in [3.05, 3.63) is 0 Å². The molecule has 22 heavy (non-hydrogen) atoms. The second-order valence-corrected chi connectivity index (χ2v) is 8.74. The van der Waals surface area contributed by atoms with Crippen LogP contribution in [0.25, 0.3) is 0 Å². The molecule has 1 aliphatic rings. The van der Waals surface area contributed by atoms with Crippen LogP contribution < -0.4 is 0 Å². The first-order chi connectivity index (χ1) is 9.96. The maximum atomic E-state index is 12.1. The number of amides is 1. The number of hydrogen-bond acceptors (Lipinski definition) is 5. The predicted molar refractivity (Wildman–Crippen MR) is 85.2 cm³/mol. The van der Waals surface area contributed by atoms with Gasteiger partial charge in [0.2, 0.25) is 0 Å². The molecule has 1 fully saturated rings. The Morgan fingerprint density at radius 3 is 2.18 bits per heavy atom. The van der Waals surface area contributed by atoms with E-state index in [2.05, 4.69) is 6.92 Å². The maximum absolute atomic E-state index is 12.1. The molecular formula is C15H29NO5S. The van der Waals surface area contributed by atoms with Gasteiger partial charge in [0.15, 0.2) is 0 Å². The Balaban J connectivity index is 2.51. The molecule has 1 aliphatic heterocycles. The van der Waals surface area contributed by atoms with Crippen LogP contribution in [0.5, 0.6) is 0 Å². The van der Waals surface area contributed by atoms with Gasteiger partial charge in [-0.15, -0.1) is 0 Å². The molecule has 0 saturated carbocycles. The van der Waals surface area contributed by atoms with Gasteiger partial charge in [0.1, 0.15) is 5.60 Å². The molecule has 7 heteroatoms. The third kappa shape index (κ3) is 6.52. The third-order valence-electron chi connectivity index (χ3n) is 4.16. The zero-order valence-electron chi connectivity index (χ0n) is 14.3. The molecule has 0 spiro atoms. The van der Waals surface area contributed by atoms with E-state index in [-0.39, 0.29) is 18.1 Å². The number of piperidine rings is 1. The highest BCUT2D eigenvalue weighted by Gasteiger charge is 2.35. The average molecular weight is 335 g/mol. The Kier molecular flexibility index (Phi) is 6.27. The van der Waals surface area contributed by atoms with Crippen molar-refractivity contribution >= 4 is 16.2 Å². The Hall–Kier alpha value is -0.820. The van der Waals surface area contributed by atoms with Crippen LogP contribution in [-0.4, -0.2) is 51.0 Å². The van der Waals surface area contributed by atoms with E-state index in [1.165, 1.54) is 0 Å². The van der Waals surface area contributed by atoms with Crippen LogP contribution in [0.2, 0.25) is 0 Å². The number of hydrogen-bond donors (Lipinski definition) is 0. The fourth-order valence-electron chi connectivity index (χ4n) is 2.68. The summed E-state index contributed by atoms with van der Waals surface area (Å²) in [6.07, 6.45) is 4.12. The van der Waals surface area contributed by atoms with E-state index >= 15 is 0 Å². The van der Waals surface area contributed by atoms with E-state index in [1.54, 1.807) is 4.90 Å². The van der Waals surface area contributed by atoms with Gasteiger partial charge >= 0.3 is 6.09 Å². The molecule has 130 valence electrons. The SMILES string of the molecule is CCC1(CCOS(C)(=O)=O)CCN(C(=O)OC(C)(C)C)CC1. The summed E-state index contributed by atoms with van der Waals surface area (Å²) in [6, 6.07) is 0. The lowest BCUT2D eigenvalue weighted by Crippen LogP contribution is -2.45. The predicted octanol–water partition coefficient (Wildman–Crippen LogP) is 2.78. The number of rotatable bonds is 5. The number of likely N-dealkylation sites (tertiary alicyclic amines) is 1. The summed E-state index contributed by atoms with van der Waals surface area (Å²) in [4.78, 5) is 13.8. The Morgan fingerprint density at radius 2 is 1.77 bits per heavy atom. The normalized spacial score (nSPS) is 19.0. The lowest BCUT2D eigenvalue weighted by molar-refractivity contribution is 0.00677. The van der Waals surface area contributed by atoms with E-state index in [1.807, 2.05) is 20.8 Å². The van der Waals surface area contributed by atoms with Gasteiger partial charge in [-0.25, -0.2) is 4.79 Å². The van der Waals surface area contributed by atoms with Gasteiger partial charge in [-0.1, -0.05) is 13.3 Å². The van der Waals surface area contributed by atoms with Crippen molar-refractivity contribution in [2.45, 2.75) is 59.0 Å². The highest BCUT2D eigenvalue weighted by molar-refractivity contribution is 7.85. The van der Waals surface area contributed by atoms with Gasteiger partial charge in [-0.05, 0) is 45.4 Å². The summed E-state index contributed by atoms with van der Waals surface area (Å²) in [5.74, 6) is 0. The third-order valence-corrected chi connectivity index (χ3v) is 4.75. The molecule has 0 radical (unpaired) electrons. The molecule has 1 rings (SSSR count). The second kappa shape index (κ2) is 7.17. The smallest absolute Gasteiger partial charge is 0.410 e. The Labute approximate surface area is 134 Å². The Bertz CT molecular complexity index is 473. The minimum Gasteiger partial charge on any atom is -0.444 e. The van der Waals surface area contributed by atoms with E-state index in [0.29, 0.717) is 19.5 Å². The van der Waals surface area contributed by atoms with Gasteiger partial charge in [0.25, 0.3) is 10.1 Å². The van der Waals surface area contributed by atoms with Crippen LogP contribution in [0.3, 0.4) is 0 Å². The average Bonchev–Trinajstić information content (AvgIpc) is 2.36. The molecule has 0 aliphatic carbocycles. The number of nitrogens with zero attached hydrogens (tertiary/aromatic N) is 1. The first kappa shape index (κ1) is 19.2. The molecule has 0 aromatic carbocycles. The van der Waals surface area contributed by atoms with Crippen molar-refractivity contribution in [2.75, 3.05) is 26.0 Å². The summed E-state index contributed by atoms with van der Waals surface area (Å²) in [7, 11) is -3.39. The molecular weight excluding hydrogens is 306 g/mol. The highest BCUT2D eigenvalue weighted by atomic mass is 32.2. The first-order valence-corrected chi connectivity index (χ1v) is 9.60. The van der Waals surface area contributed by atoms with Crippen LogP contribution in [0.4, 0.5) is 4.79 Å². The minimum atomic E-state index is -3.39. The summed E-state index contributed by atoms with van der Waals surface area (Å²) in [5.41, 5.74) is -0.442. The summed E-state index contributed by atoms with van der Waals surface area (Å²) in [6.45, 7) is 9.15. The molecule has 0 aromatic heterocycles. The largest absolute Gasteiger partial charge is 0.444 e. The standard InChI is InChI=1S/C15H29NO5S/c1-6-15(9-12-20-22(5,18)19)7-10-16(11-8-15)13(17)21-14(2,3)4/h6-12H2,1-5H3.